The molecule has 0 atom stereocenters. The Morgan fingerprint density at radius 2 is 2.06 bits per heavy atom. The van der Waals surface area contributed by atoms with E-state index in [0.29, 0.717) is 6.04 Å². The summed E-state index contributed by atoms with van der Waals surface area (Å²) in [6.07, 6.45) is 12.0. The van der Waals surface area contributed by atoms with Gasteiger partial charge in [-0.25, -0.2) is 4.31 Å². The number of nitrogens with two attached hydrogens (primary N) is 1. The first-order valence-corrected chi connectivity index (χ1v) is 7.62. The molecule has 1 saturated heterocycles. The summed E-state index contributed by atoms with van der Waals surface area (Å²) < 4.78 is 2.48. The Kier molecular flexibility index (Phi) is 5.14. The van der Waals surface area contributed by atoms with Gasteiger partial charge in [0.05, 0.1) is 0 Å². The number of hydrogen-bond acceptors (Lipinski definition) is 3. The normalized spacial score (nSPS) is 23.4. The highest BCUT2D eigenvalue weighted by atomic mass is 32.2. The molecule has 0 saturated carbocycles. The Labute approximate surface area is 109 Å². The van der Waals surface area contributed by atoms with Gasteiger partial charge in [-0.15, -0.1) is 0 Å². The van der Waals surface area contributed by atoms with Crippen LogP contribution in [0.25, 0.3) is 0 Å². The largest absolute Gasteiger partial charge is 0.328 e. The minimum Gasteiger partial charge on any atom is -0.328 e. The van der Waals surface area contributed by atoms with Crippen molar-refractivity contribution in [2.24, 2.45) is 5.73 Å². The molecule has 0 aromatic carbocycles. The van der Waals surface area contributed by atoms with E-state index >= 15 is 0 Å². The molecule has 1 fully saturated rings. The highest BCUT2D eigenvalue weighted by Crippen LogP contribution is 2.32. The first-order chi connectivity index (χ1) is 8.28. The molecule has 1 heterocycles. The molecular weight excluding hydrogens is 228 g/mol. The van der Waals surface area contributed by atoms with Gasteiger partial charge in [0, 0.05) is 24.0 Å². The predicted molar refractivity (Wildman–Crippen MR) is 76.7 cm³/mol. The second-order valence-corrected chi connectivity index (χ2v) is 6.29. The van der Waals surface area contributed by atoms with Gasteiger partial charge in [0.15, 0.2) is 0 Å². The van der Waals surface area contributed by atoms with Crippen LogP contribution in [0.5, 0.6) is 0 Å². The second-order valence-electron chi connectivity index (χ2n) is 5.07. The molecule has 0 bridgehead atoms. The maximum absolute atomic E-state index is 5.92. The minimum absolute atomic E-state index is 0.434. The molecule has 3 heteroatoms. The van der Waals surface area contributed by atoms with E-state index in [0.717, 1.165) is 25.9 Å². The maximum Gasteiger partial charge on any atom is 0.0107 e. The lowest BCUT2D eigenvalue weighted by atomic mass is 10.0. The van der Waals surface area contributed by atoms with Crippen molar-refractivity contribution in [2.75, 3.05) is 13.1 Å². The molecule has 0 radical (unpaired) electrons. The summed E-state index contributed by atoms with van der Waals surface area (Å²) in [4.78, 5) is 1.53. The van der Waals surface area contributed by atoms with Gasteiger partial charge in [-0.05, 0) is 44.1 Å². The Bertz CT molecular complexity index is 301. The van der Waals surface area contributed by atoms with Crippen molar-refractivity contribution >= 4 is 11.9 Å². The van der Waals surface area contributed by atoms with Crippen LogP contribution >= 0.6 is 11.9 Å². The quantitative estimate of drug-likeness (QED) is 0.777. The lowest BCUT2D eigenvalue weighted by Crippen LogP contribution is -2.36. The van der Waals surface area contributed by atoms with Gasteiger partial charge in [-0.2, -0.15) is 0 Å². The molecule has 0 spiro atoms. The van der Waals surface area contributed by atoms with Gasteiger partial charge >= 0.3 is 0 Å². The third-order valence-corrected chi connectivity index (χ3v) is 4.71. The minimum atomic E-state index is 0.434. The SMILES string of the molecule is CCCC1=CC=C(SN2CCC(N)CC2)CC1. The Hall–Kier alpha value is -0.250. The topological polar surface area (TPSA) is 29.3 Å². The van der Waals surface area contributed by atoms with Gasteiger partial charge in [0.25, 0.3) is 0 Å². The van der Waals surface area contributed by atoms with E-state index in [4.69, 9.17) is 5.73 Å². The molecule has 0 unspecified atom stereocenters. The van der Waals surface area contributed by atoms with Crippen LogP contribution in [0.2, 0.25) is 0 Å². The summed E-state index contributed by atoms with van der Waals surface area (Å²) >= 11 is 1.96. The summed E-state index contributed by atoms with van der Waals surface area (Å²) in [6.45, 7) is 4.55. The van der Waals surface area contributed by atoms with E-state index < -0.39 is 0 Å². The molecule has 0 amide bonds. The average molecular weight is 252 g/mol. The first kappa shape index (κ1) is 13.2. The summed E-state index contributed by atoms with van der Waals surface area (Å²) in [7, 11) is 0. The van der Waals surface area contributed by atoms with Crippen LogP contribution < -0.4 is 5.73 Å². The molecule has 2 nitrogen and oxygen atoms in total. The molecule has 96 valence electrons. The van der Waals surface area contributed by atoms with Gasteiger partial charge in [0.2, 0.25) is 0 Å². The zero-order valence-electron chi connectivity index (χ0n) is 10.8. The fourth-order valence-electron chi connectivity index (χ4n) is 2.40. The molecule has 2 N–H and O–H groups in total. The van der Waals surface area contributed by atoms with Crippen LogP contribution in [0.3, 0.4) is 0 Å². The Balaban J connectivity index is 1.80. The predicted octanol–water partition coefficient (Wildman–Crippen LogP) is 3.46. The lowest BCUT2D eigenvalue weighted by molar-refractivity contribution is 0.347. The van der Waals surface area contributed by atoms with Crippen molar-refractivity contribution in [1.29, 1.82) is 0 Å². The first-order valence-electron chi connectivity index (χ1n) is 6.85. The number of piperidine rings is 1. The summed E-state index contributed by atoms with van der Waals surface area (Å²) in [6, 6.07) is 0.434. The van der Waals surface area contributed by atoms with Crippen LogP contribution in [0.4, 0.5) is 0 Å². The number of nitrogens with zero attached hydrogens (tertiary/aromatic N) is 1. The van der Waals surface area contributed by atoms with Crippen LogP contribution in [0.1, 0.15) is 45.4 Å². The second kappa shape index (κ2) is 6.62. The monoisotopic (exact) mass is 252 g/mol. The smallest absolute Gasteiger partial charge is 0.0107 e. The fourth-order valence-corrected chi connectivity index (χ4v) is 3.45. The average Bonchev–Trinajstić information content (AvgIpc) is 2.35. The summed E-state index contributed by atoms with van der Waals surface area (Å²) in [5.41, 5.74) is 7.54. The lowest BCUT2D eigenvalue weighted by Gasteiger charge is -2.30. The van der Waals surface area contributed by atoms with E-state index in [1.54, 1.807) is 5.57 Å². The zero-order valence-corrected chi connectivity index (χ0v) is 11.6. The highest BCUT2D eigenvalue weighted by molar-refractivity contribution is 8.00. The van der Waals surface area contributed by atoms with Crippen LogP contribution in [-0.2, 0) is 0 Å². The van der Waals surface area contributed by atoms with E-state index in [1.165, 1.54) is 30.6 Å². The standard InChI is InChI=1S/C14H24N2S/c1-2-3-12-4-6-14(7-5-12)17-16-10-8-13(15)9-11-16/h4,6,13H,2-3,5,7-11,15H2,1H3. The number of rotatable bonds is 4. The van der Waals surface area contributed by atoms with Crippen molar-refractivity contribution in [2.45, 2.75) is 51.5 Å². The third kappa shape index (κ3) is 4.16. The molecule has 1 aliphatic carbocycles. The van der Waals surface area contributed by atoms with Gasteiger partial charge in [-0.1, -0.05) is 31.1 Å². The van der Waals surface area contributed by atoms with Crippen LogP contribution in [0.15, 0.2) is 22.6 Å². The maximum atomic E-state index is 5.92. The fraction of sp³-hybridized carbons (Fsp3) is 0.714. The summed E-state index contributed by atoms with van der Waals surface area (Å²) in [5, 5.41) is 0. The molecule has 0 aromatic rings. The van der Waals surface area contributed by atoms with Crippen molar-refractivity contribution < 1.29 is 0 Å². The van der Waals surface area contributed by atoms with Crippen molar-refractivity contribution in [1.82, 2.24) is 4.31 Å². The Morgan fingerprint density at radius 3 is 2.65 bits per heavy atom. The highest BCUT2D eigenvalue weighted by Gasteiger charge is 2.18. The molecule has 2 rings (SSSR count). The summed E-state index contributed by atoms with van der Waals surface area (Å²) in [5.74, 6) is 0. The third-order valence-electron chi connectivity index (χ3n) is 3.51. The van der Waals surface area contributed by atoms with Crippen molar-refractivity contribution in [3.05, 3.63) is 22.6 Å². The van der Waals surface area contributed by atoms with Gasteiger partial charge < -0.3 is 5.73 Å². The molecule has 0 aromatic heterocycles. The molecule has 17 heavy (non-hydrogen) atoms. The molecule has 1 aliphatic heterocycles. The van der Waals surface area contributed by atoms with E-state index in [2.05, 4.69) is 23.4 Å². The number of allylic oxidation sites excluding steroid dienone is 4. The Morgan fingerprint density at radius 1 is 1.29 bits per heavy atom. The van der Waals surface area contributed by atoms with E-state index in [-0.39, 0.29) is 0 Å². The van der Waals surface area contributed by atoms with Crippen LogP contribution in [0, 0.1) is 0 Å². The molecular formula is C14H24N2S. The van der Waals surface area contributed by atoms with E-state index in [9.17, 15) is 0 Å². The van der Waals surface area contributed by atoms with Gasteiger partial charge in [-0.3, -0.25) is 0 Å². The van der Waals surface area contributed by atoms with Crippen LogP contribution in [-0.4, -0.2) is 23.4 Å². The van der Waals surface area contributed by atoms with E-state index in [1.807, 2.05) is 11.9 Å². The zero-order chi connectivity index (χ0) is 12.1. The van der Waals surface area contributed by atoms with Gasteiger partial charge in [0.1, 0.15) is 0 Å². The van der Waals surface area contributed by atoms with Crippen molar-refractivity contribution in [3.63, 3.8) is 0 Å². The van der Waals surface area contributed by atoms with Crippen molar-refractivity contribution in [3.8, 4) is 0 Å². The molecule has 2 aliphatic rings. The number of hydrogen-bond donors (Lipinski definition) is 1.